The van der Waals surface area contributed by atoms with Crippen LogP contribution in [0.2, 0.25) is 9.49 Å². The summed E-state index contributed by atoms with van der Waals surface area (Å²) in [5.74, 6) is 0. The van der Waals surface area contributed by atoms with E-state index >= 15 is 0 Å². The molecule has 1 atom stereocenters. The summed E-state index contributed by atoms with van der Waals surface area (Å²) in [5.41, 5.74) is 2.68. The van der Waals surface area contributed by atoms with E-state index in [9.17, 15) is 4.79 Å². The van der Waals surface area contributed by atoms with Crippen molar-refractivity contribution in [2.75, 3.05) is 6.61 Å². The lowest BCUT2D eigenvalue weighted by atomic mass is 9.99. The molecular formula is C13H9Cl2NO2S. The molecule has 2 aromatic rings. The predicted molar refractivity (Wildman–Crippen MR) is 75.5 cm³/mol. The van der Waals surface area contributed by atoms with Crippen molar-refractivity contribution in [2.45, 2.75) is 12.5 Å². The first-order valence-electron chi connectivity index (χ1n) is 5.70. The van der Waals surface area contributed by atoms with Gasteiger partial charge in [-0.1, -0.05) is 29.3 Å². The Morgan fingerprint density at radius 1 is 1.42 bits per heavy atom. The maximum atomic E-state index is 10.8. The Morgan fingerprint density at radius 3 is 3.00 bits per heavy atom. The number of nitrogens with zero attached hydrogens (tertiary/aromatic N) is 1. The zero-order valence-electron chi connectivity index (χ0n) is 9.73. The first-order chi connectivity index (χ1) is 9.19. The molecule has 3 rings (SSSR count). The molecule has 1 unspecified atom stereocenters. The fraction of sp³-hybridized carbons (Fsp3) is 0.231. The van der Waals surface area contributed by atoms with Crippen molar-refractivity contribution in [3.05, 3.63) is 49.4 Å². The molecule has 0 amide bonds. The zero-order valence-corrected chi connectivity index (χ0v) is 12.1. The van der Waals surface area contributed by atoms with Gasteiger partial charge in [0, 0.05) is 5.56 Å². The van der Waals surface area contributed by atoms with Gasteiger partial charge in [0.25, 0.3) is 0 Å². The molecule has 0 saturated heterocycles. The smallest absolute Gasteiger partial charge is 0.160 e. The number of carbonyl (C=O) groups is 1. The molecule has 1 aliphatic rings. The Morgan fingerprint density at radius 2 is 2.26 bits per heavy atom. The van der Waals surface area contributed by atoms with Gasteiger partial charge in [0.1, 0.15) is 11.3 Å². The molecule has 3 heterocycles. The number of ether oxygens (including phenoxy) is 1. The summed E-state index contributed by atoms with van der Waals surface area (Å²) in [5, 5.41) is 0.427. The van der Waals surface area contributed by atoms with E-state index in [0.29, 0.717) is 21.0 Å². The molecule has 0 N–H and O–H groups in total. The van der Waals surface area contributed by atoms with Crippen LogP contribution in [0.5, 0.6) is 0 Å². The minimum Gasteiger partial charge on any atom is -0.367 e. The maximum Gasteiger partial charge on any atom is 0.160 e. The molecule has 0 bridgehead atoms. The molecule has 0 aliphatic carbocycles. The molecule has 0 spiro atoms. The number of hydrogen-bond acceptors (Lipinski definition) is 4. The second-order valence-corrected chi connectivity index (χ2v) is 6.25. The highest BCUT2D eigenvalue weighted by molar-refractivity contribution is 7.17. The summed E-state index contributed by atoms with van der Waals surface area (Å²) in [6.07, 6.45) is 1.24. The number of aromatic nitrogens is 1. The van der Waals surface area contributed by atoms with Crippen LogP contribution in [-0.4, -0.2) is 17.9 Å². The third-order valence-corrected chi connectivity index (χ3v) is 4.54. The van der Waals surface area contributed by atoms with Crippen LogP contribution in [0.3, 0.4) is 0 Å². The van der Waals surface area contributed by atoms with Crippen LogP contribution in [0.15, 0.2) is 18.2 Å². The van der Waals surface area contributed by atoms with Crippen molar-refractivity contribution in [3.8, 4) is 0 Å². The van der Waals surface area contributed by atoms with Gasteiger partial charge in [-0.3, -0.25) is 4.79 Å². The first-order valence-corrected chi connectivity index (χ1v) is 7.27. The molecule has 0 aromatic carbocycles. The van der Waals surface area contributed by atoms with Gasteiger partial charge in [0.05, 0.1) is 21.5 Å². The first kappa shape index (κ1) is 13.1. The Bertz CT molecular complexity index is 642. The zero-order chi connectivity index (χ0) is 13.4. The lowest BCUT2D eigenvalue weighted by Gasteiger charge is -2.24. The molecule has 19 heavy (non-hydrogen) atoms. The number of rotatable bonds is 2. The summed E-state index contributed by atoms with van der Waals surface area (Å²) < 4.78 is 6.33. The van der Waals surface area contributed by atoms with Gasteiger partial charge in [0.15, 0.2) is 6.29 Å². The van der Waals surface area contributed by atoms with Crippen molar-refractivity contribution in [1.82, 2.24) is 4.98 Å². The molecule has 6 heteroatoms. The fourth-order valence-corrected chi connectivity index (χ4v) is 3.46. The fourth-order valence-electron chi connectivity index (χ4n) is 2.16. The van der Waals surface area contributed by atoms with Gasteiger partial charge < -0.3 is 4.74 Å². The van der Waals surface area contributed by atoms with E-state index in [1.165, 1.54) is 11.3 Å². The van der Waals surface area contributed by atoms with Crippen LogP contribution >= 0.6 is 34.5 Å². The van der Waals surface area contributed by atoms with Crippen LogP contribution < -0.4 is 0 Å². The third kappa shape index (κ3) is 2.41. The quantitative estimate of drug-likeness (QED) is 0.623. The van der Waals surface area contributed by atoms with Crippen LogP contribution in [0.4, 0.5) is 0 Å². The Hall–Kier alpha value is -0.940. The lowest BCUT2D eigenvalue weighted by molar-refractivity contribution is 0.0667. The maximum absolute atomic E-state index is 10.8. The summed E-state index contributed by atoms with van der Waals surface area (Å²) >= 11 is 13.4. The topological polar surface area (TPSA) is 39.2 Å². The van der Waals surface area contributed by atoms with Crippen LogP contribution in [-0.2, 0) is 11.2 Å². The SMILES string of the molecule is O=Cc1cc(C2OCCc3ccc(Cl)nc32)c(Cl)s1. The summed E-state index contributed by atoms with van der Waals surface area (Å²) in [6.45, 7) is 0.601. The van der Waals surface area contributed by atoms with E-state index in [2.05, 4.69) is 4.98 Å². The van der Waals surface area contributed by atoms with E-state index in [-0.39, 0.29) is 6.10 Å². The van der Waals surface area contributed by atoms with Gasteiger partial charge in [0.2, 0.25) is 0 Å². The van der Waals surface area contributed by atoms with Crippen molar-refractivity contribution in [3.63, 3.8) is 0 Å². The number of fused-ring (bicyclic) bond motifs is 1. The largest absolute Gasteiger partial charge is 0.367 e. The normalized spacial score (nSPS) is 18.1. The monoisotopic (exact) mass is 313 g/mol. The Labute approximate surface area is 124 Å². The van der Waals surface area contributed by atoms with Gasteiger partial charge in [-0.2, -0.15) is 0 Å². The predicted octanol–water partition coefficient (Wildman–Crippen LogP) is 3.92. The van der Waals surface area contributed by atoms with E-state index in [0.717, 1.165) is 29.5 Å². The average molecular weight is 314 g/mol. The minimum absolute atomic E-state index is 0.347. The van der Waals surface area contributed by atoms with Crippen molar-refractivity contribution >= 4 is 40.8 Å². The Kier molecular flexibility index (Phi) is 3.58. The number of thiophene rings is 1. The molecule has 0 radical (unpaired) electrons. The van der Waals surface area contributed by atoms with Crippen molar-refractivity contribution in [1.29, 1.82) is 0 Å². The number of carbonyl (C=O) groups excluding carboxylic acids is 1. The number of aldehydes is 1. The van der Waals surface area contributed by atoms with E-state index in [1.54, 1.807) is 12.1 Å². The number of hydrogen-bond donors (Lipinski definition) is 0. The second kappa shape index (κ2) is 5.21. The highest BCUT2D eigenvalue weighted by Gasteiger charge is 2.27. The highest BCUT2D eigenvalue weighted by Crippen LogP contribution is 2.39. The Balaban J connectivity index is 2.09. The van der Waals surface area contributed by atoms with E-state index in [1.807, 2.05) is 6.07 Å². The van der Waals surface area contributed by atoms with Crippen LogP contribution in [0.25, 0.3) is 0 Å². The minimum atomic E-state index is -0.347. The van der Waals surface area contributed by atoms with E-state index < -0.39 is 0 Å². The summed E-state index contributed by atoms with van der Waals surface area (Å²) in [7, 11) is 0. The van der Waals surface area contributed by atoms with Gasteiger partial charge in [-0.05, 0) is 24.1 Å². The van der Waals surface area contributed by atoms with Gasteiger partial charge >= 0.3 is 0 Å². The molecule has 3 nitrogen and oxygen atoms in total. The van der Waals surface area contributed by atoms with Crippen LogP contribution in [0.1, 0.15) is 32.6 Å². The van der Waals surface area contributed by atoms with Gasteiger partial charge in [-0.25, -0.2) is 4.98 Å². The number of halogens is 2. The average Bonchev–Trinajstić information content (AvgIpc) is 2.79. The molecule has 2 aromatic heterocycles. The molecule has 0 fully saturated rings. The van der Waals surface area contributed by atoms with Crippen LogP contribution in [0, 0.1) is 0 Å². The summed E-state index contributed by atoms with van der Waals surface area (Å²) in [4.78, 5) is 15.8. The number of pyridine rings is 1. The molecular weight excluding hydrogens is 305 g/mol. The standard InChI is InChI=1S/C13H9Cl2NO2S/c14-10-2-1-7-3-4-18-12(11(7)16-10)9-5-8(6-17)19-13(9)15/h1-2,5-6,12H,3-4H2. The van der Waals surface area contributed by atoms with Crippen molar-refractivity contribution in [2.24, 2.45) is 0 Å². The van der Waals surface area contributed by atoms with Crippen molar-refractivity contribution < 1.29 is 9.53 Å². The molecule has 0 saturated carbocycles. The molecule has 1 aliphatic heterocycles. The third-order valence-electron chi connectivity index (χ3n) is 3.01. The molecule has 98 valence electrons. The lowest BCUT2D eigenvalue weighted by Crippen LogP contribution is -2.18. The van der Waals surface area contributed by atoms with Gasteiger partial charge in [-0.15, -0.1) is 11.3 Å². The van der Waals surface area contributed by atoms with E-state index in [4.69, 9.17) is 27.9 Å². The highest BCUT2D eigenvalue weighted by atomic mass is 35.5. The second-order valence-electron chi connectivity index (χ2n) is 4.17. The summed E-state index contributed by atoms with van der Waals surface area (Å²) in [6, 6.07) is 5.48.